The van der Waals surface area contributed by atoms with Gasteiger partial charge in [-0.05, 0) is 12.8 Å². The van der Waals surface area contributed by atoms with E-state index in [9.17, 15) is 9.59 Å². The molecule has 0 amide bonds. The normalized spacial score (nSPS) is 25.5. The minimum Gasteiger partial charge on any atom is -0.481 e. The highest BCUT2D eigenvalue weighted by Gasteiger charge is 2.44. The largest absolute Gasteiger partial charge is 0.481 e. The second-order valence-corrected chi connectivity index (χ2v) is 3.07. The number of carbonyl (C=O) groups is 2. The van der Waals surface area contributed by atoms with E-state index in [0.717, 1.165) is 0 Å². The van der Waals surface area contributed by atoms with E-state index >= 15 is 0 Å². The third kappa shape index (κ3) is 3.42. The molecular formula is C8H12O5. The van der Waals surface area contributed by atoms with Crippen molar-refractivity contribution in [1.82, 2.24) is 0 Å². The van der Waals surface area contributed by atoms with Gasteiger partial charge < -0.3 is 14.9 Å². The molecule has 2 atom stereocenters. The van der Waals surface area contributed by atoms with E-state index in [1.807, 2.05) is 0 Å². The summed E-state index contributed by atoms with van der Waals surface area (Å²) in [6, 6.07) is 0. The molecule has 0 aromatic heterocycles. The first-order valence-electron chi connectivity index (χ1n) is 4.21. The highest BCUT2D eigenvalue weighted by Crippen LogP contribution is 2.27. The summed E-state index contributed by atoms with van der Waals surface area (Å²) in [5.74, 6) is -1.74. The first kappa shape index (κ1) is 9.98. The fraction of sp³-hybridized carbons (Fsp3) is 0.750. The highest BCUT2D eigenvalue weighted by atomic mass is 16.6. The maximum atomic E-state index is 10.3. The third-order valence-electron chi connectivity index (χ3n) is 1.96. The summed E-state index contributed by atoms with van der Waals surface area (Å²) in [6.07, 6.45) is 1.24. The molecular weight excluding hydrogens is 176 g/mol. The smallest absolute Gasteiger partial charge is 0.335 e. The van der Waals surface area contributed by atoms with E-state index in [2.05, 4.69) is 0 Å². The molecule has 0 radical (unpaired) electrons. The lowest BCUT2D eigenvalue weighted by molar-refractivity contribution is -0.139. The van der Waals surface area contributed by atoms with Crippen LogP contribution in [-0.2, 0) is 14.3 Å². The Bertz CT molecular complexity index is 213. The molecule has 1 heterocycles. The lowest BCUT2D eigenvalue weighted by atomic mass is 10.1. The summed E-state index contributed by atoms with van der Waals surface area (Å²) in [4.78, 5) is 20.4. The molecule has 2 unspecified atom stereocenters. The van der Waals surface area contributed by atoms with Crippen LogP contribution < -0.4 is 0 Å². The van der Waals surface area contributed by atoms with Gasteiger partial charge in [-0.15, -0.1) is 0 Å². The van der Waals surface area contributed by atoms with E-state index in [0.29, 0.717) is 19.3 Å². The Morgan fingerprint density at radius 2 is 1.92 bits per heavy atom. The van der Waals surface area contributed by atoms with Crippen molar-refractivity contribution in [3.63, 3.8) is 0 Å². The van der Waals surface area contributed by atoms with Gasteiger partial charge in [0.1, 0.15) is 0 Å². The van der Waals surface area contributed by atoms with Gasteiger partial charge in [0.2, 0.25) is 0 Å². The lowest BCUT2D eigenvalue weighted by Gasteiger charge is -1.93. The van der Waals surface area contributed by atoms with Gasteiger partial charge in [-0.3, -0.25) is 4.79 Å². The summed E-state index contributed by atoms with van der Waals surface area (Å²) in [5, 5.41) is 16.8. The van der Waals surface area contributed by atoms with Crippen LogP contribution in [0.15, 0.2) is 0 Å². The molecule has 5 heteroatoms. The number of rotatable bonds is 6. The maximum Gasteiger partial charge on any atom is 0.335 e. The van der Waals surface area contributed by atoms with Gasteiger partial charge in [-0.1, -0.05) is 6.42 Å². The van der Waals surface area contributed by atoms with Crippen LogP contribution >= 0.6 is 0 Å². The molecule has 0 aliphatic carbocycles. The zero-order valence-corrected chi connectivity index (χ0v) is 7.10. The minimum atomic E-state index is -0.928. The number of aliphatic carboxylic acids is 2. The van der Waals surface area contributed by atoms with Crippen molar-refractivity contribution in [3.05, 3.63) is 0 Å². The predicted molar refractivity (Wildman–Crippen MR) is 42.4 cm³/mol. The number of ether oxygens (including phenoxy) is 1. The number of hydrogen-bond donors (Lipinski definition) is 2. The standard InChI is InChI=1S/C8H12O5/c9-6(10)4-2-1-3-5-7(13-5)8(11)12/h5,7H,1-4H2,(H,9,10)(H,11,12). The topological polar surface area (TPSA) is 87.1 Å². The summed E-state index contributed by atoms with van der Waals surface area (Å²) in [6.45, 7) is 0. The maximum absolute atomic E-state index is 10.3. The van der Waals surface area contributed by atoms with Gasteiger partial charge in [0.25, 0.3) is 0 Å². The molecule has 74 valence electrons. The van der Waals surface area contributed by atoms with E-state index in [-0.39, 0.29) is 12.5 Å². The summed E-state index contributed by atoms with van der Waals surface area (Å²) >= 11 is 0. The molecule has 0 spiro atoms. The molecule has 1 saturated heterocycles. The summed E-state index contributed by atoms with van der Waals surface area (Å²) in [7, 11) is 0. The van der Waals surface area contributed by atoms with Crippen molar-refractivity contribution in [1.29, 1.82) is 0 Å². The van der Waals surface area contributed by atoms with Gasteiger partial charge in [-0.25, -0.2) is 4.79 Å². The van der Waals surface area contributed by atoms with Crippen molar-refractivity contribution in [3.8, 4) is 0 Å². The van der Waals surface area contributed by atoms with Crippen molar-refractivity contribution < 1.29 is 24.5 Å². The number of carboxylic acid groups (broad SMARTS) is 2. The Morgan fingerprint density at radius 1 is 1.23 bits per heavy atom. The van der Waals surface area contributed by atoms with Crippen LogP contribution in [0.2, 0.25) is 0 Å². The molecule has 0 bridgehead atoms. The van der Waals surface area contributed by atoms with Crippen molar-refractivity contribution in [2.45, 2.75) is 37.9 Å². The van der Waals surface area contributed by atoms with E-state index in [4.69, 9.17) is 14.9 Å². The Morgan fingerprint density at radius 3 is 2.38 bits per heavy atom. The fourth-order valence-electron chi connectivity index (χ4n) is 1.20. The predicted octanol–water partition coefficient (Wildman–Crippen LogP) is 0.483. The SMILES string of the molecule is O=C(O)CCCCC1OC1C(=O)O. The molecule has 1 rings (SSSR count). The summed E-state index contributed by atoms with van der Waals surface area (Å²) < 4.78 is 4.84. The van der Waals surface area contributed by atoms with Crippen LogP contribution in [0, 0.1) is 0 Å². The fourth-order valence-corrected chi connectivity index (χ4v) is 1.20. The number of epoxide rings is 1. The van der Waals surface area contributed by atoms with Crippen LogP contribution in [0.1, 0.15) is 25.7 Å². The van der Waals surface area contributed by atoms with E-state index in [1.165, 1.54) is 0 Å². The van der Waals surface area contributed by atoms with E-state index < -0.39 is 18.0 Å². The second kappa shape index (κ2) is 4.23. The molecule has 0 aromatic rings. The first-order chi connectivity index (χ1) is 6.11. The first-order valence-corrected chi connectivity index (χ1v) is 4.21. The number of hydrogen-bond acceptors (Lipinski definition) is 3. The molecule has 5 nitrogen and oxygen atoms in total. The molecule has 1 fully saturated rings. The summed E-state index contributed by atoms with van der Waals surface area (Å²) in [5.41, 5.74) is 0. The quantitative estimate of drug-likeness (QED) is 0.467. The Balaban J connectivity index is 1.97. The zero-order chi connectivity index (χ0) is 9.84. The van der Waals surface area contributed by atoms with Crippen LogP contribution in [0.25, 0.3) is 0 Å². The van der Waals surface area contributed by atoms with Gasteiger partial charge >= 0.3 is 11.9 Å². The molecule has 0 aromatic carbocycles. The average molecular weight is 188 g/mol. The average Bonchev–Trinajstić information content (AvgIpc) is 2.76. The Hall–Kier alpha value is -1.10. The van der Waals surface area contributed by atoms with Crippen LogP contribution in [0.4, 0.5) is 0 Å². The lowest BCUT2D eigenvalue weighted by Crippen LogP contribution is -2.07. The van der Waals surface area contributed by atoms with Crippen molar-refractivity contribution in [2.75, 3.05) is 0 Å². The van der Waals surface area contributed by atoms with Crippen LogP contribution in [-0.4, -0.2) is 34.4 Å². The van der Waals surface area contributed by atoms with Gasteiger partial charge in [0.05, 0.1) is 6.10 Å². The minimum absolute atomic E-state index is 0.143. The molecule has 13 heavy (non-hydrogen) atoms. The molecule has 2 N–H and O–H groups in total. The molecule has 1 aliphatic heterocycles. The van der Waals surface area contributed by atoms with Crippen molar-refractivity contribution >= 4 is 11.9 Å². The van der Waals surface area contributed by atoms with Gasteiger partial charge in [0.15, 0.2) is 6.10 Å². The van der Waals surface area contributed by atoms with Crippen LogP contribution in [0.3, 0.4) is 0 Å². The monoisotopic (exact) mass is 188 g/mol. The Labute approximate surface area is 75.3 Å². The number of carboxylic acids is 2. The Kier molecular flexibility index (Phi) is 3.25. The zero-order valence-electron chi connectivity index (χ0n) is 7.10. The highest BCUT2D eigenvalue weighted by molar-refractivity contribution is 5.75. The van der Waals surface area contributed by atoms with E-state index in [1.54, 1.807) is 0 Å². The number of unbranched alkanes of at least 4 members (excludes halogenated alkanes) is 1. The molecule has 1 aliphatic rings. The molecule has 0 saturated carbocycles. The third-order valence-corrected chi connectivity index (χ3v) is 1.96. The van der Waals surface area contributed by atoms with Gasteiger partial charge in [-0.2, -0.15) is 0 Å². The van der Waals surface area contributed by atoms with Crippen molar-refractivity contribution in [2.24, 2.45) is 0 Å². The van der Waals surface area contributed by atoms with Gasteiger partial charge in [0, 0.05) is 6.42 Å². The van der Waals surface area contributed by atoms with Crippen LogP contribution in [0.5, 0.6) is 0 Å². The second-order valence-electron chi connectivity index (χ2n) is 3.07.